The minimum atomic E-state index is -1.33. The number of Topliss-reactive ketones (excluding diaryl/α,β-unsaturated/α-hetero) is 2. The number of hydrogen-bond acceptors (Lipinski definition) is 8. The quantitative estimate of drug-likeness (QED) is 0.377. The number of benzene rings is 3. The van der Waals surface area contributed by atoms with Crippen LogP contribution >= 0.6 is 0 Å². The van der Waals surface area contributed by atoms with Crippen molar-refractivity contribution < 1.29 is 39.5 Å². The molecule has 6 rings (SSSR count). The Hall–Kier alpha value is -4.17. The summed E-state index contributed by atoms with van der Waals surface area (Å²) < 4.78 is 5.24. The van der Waals surface area contributed by atoms with Crippen molar-refractivity contribution in [1.82, 2.24) is 0 Å². The molecule has 0 amide bonds. The Bertz CT molecular complexity index is 1540. The topological polar surface area (TPSA) is 141 Å². The number of rotatable bonds is 0. The van der Waals surface area contributed by atoms with Crippen LogP contribution in [0.15, 0.2) is 35.9 Å². The molecule has 3 aromatic rings. The molecular formula is C26H18O8. The lowest BCUT2D eigenvalue weighted by atomic mass is 9.71. The Morgan fingerprint density at radius 2 is 1.59 bits per heavy atom. The molecule has 0 saturated heterocycles. The number of carbonyl (C=O) groups excluding carboxylic acids is 3. The SMILES string of the molecule is C[C@H]1Cc2cc3c(c(O)c2C(=O)O1)C1=C(C(=O)c2cc4c(O)cccc4c(O)c2C1=O)C(O)C3. The lowest BCUT2D eigenvalue weighted by Crippen LogP contribution is -2.34. The molecule has 1 aliphatic heterocycles. The van der Waals surface area contributed by atoms with Crippen LogP contribution in [0.1, 0.15) is 54.7 Å². The molecule has 0 radical (unpaired) electrons. The summed E-state index contributed by atoms with van der Waals surface area (Å²) >= 11 is 0. The molecule has 3 aromatic carbocycles. The average molecular weight is 458 g/mol. The molecular weight excluding hydrogens is 440 g/mol. The first-order chi connectivity index (χ1) is 16.2. The number of carbonyl (C=O) groups is 3. The fourth-order valence-electron chi connectivity index (χ4n) is 5.39. The van der Waals surface area contributed by atoms with Gasteiger partial charge in [-0.05, 0) is 30.2 Å². The highest BCUT2D eigenvalue weighted by Gasteiger charge is 2.44. The maximum Gasteiger partial charge on any atom is 0.342 e. The summed E-state index contributed by atoms with van der Waals surface area (Å²) in [4.78, 5) is 39.8. The van der Waals surface area contributed by atoms with Gasteiger partial charge in [-0.25, -0.2) is 4.79 Å². The minimum Gasteiger partial charge on any atom is -0.507 e. The largest absolute Gasteiger partial charge is 0.507 e. The van der Waals surface area contributed by atoms with Crippen LogP contribution in [0.3, 0.4) is 0 Å². The number of phenolic OH excluding ortho intramolecular Hbond substituents is 3. The van der Waals surface area contributed by atoms with Gasteiger partial charge in [0, 0.05) is 45.9 Å². The molecule has 2 aliphatic carbocycles. The van der Waals surface area contributed by atoms with Crippen molar-refractivity contribution in [2.45, 2.75) is 32.0 Å². The van der Waals surface area contributed by atoms with Gasteiger partial charge in [0.05, 0.1) is 11.7 Å². The summed E-state index contributed by atoms with van der Waals surface area (Å²) in [5, 5.41) is 43.5. The second-order valence-electron chi connectivity index (χ2n) is 8.90. The molecule has 3 aliphatic rings. The molecule has 8 heteroatoms. The Kier molecular flexibility index (Phi) is 4.01. The van der Waals surface area contributed by atoms with E-state index >= 15 is 0 Å². The lowest BCUT2D eigenvalue weighted by molar-refractivity contribution is 0.0296. The van der Waals surface area contributed by atoms with Crippen molar-refractivity contribution in [3.63, 3.8) is 0 Å². The van der Waals surface area contributed by atoms with Gasteiger partial charge in [-0.15, -0.1) is 0 Å². The van der Waals surface area contributed by atoms with Gasteiger partial charge in [0.2, 0.25) is 0 Å². The zero-order chi connectivity index (χ0) is 24.0. The maximum absolute atomic E-state index is 13.7. The van der Waals surface area contributed by atoms with Gasteiger partial charge in [-0.1, -0.05) is 18.2 Å². The molecule has 170 valence electrons. The first kappa shape index (κ1) is 20.4. The number of cyclic esters (lactones) is 1. The van der Waals surface area contributed by atoms with Crippen molar-refractivity contribution in [2.24, 2.45) is 0 Å². The number of hydrogen-bond donors (Lipinski definition) is 4. The van der Waals surface area contributed by atoms with Crippen LogP contribution in [0.2, 0.25) is 0 Å². The van der Waals surface area contributed by atoms with E-state index in [0.717, 1.165) is 0 Å². The summed E-state index contributed by atoms with van der Waals surface area (Å²) in [6.45, 7) is 1.72. The normalized spacial score (nSPS) is 21.1. The standard InChI is InChI=1S/C26H18O8/c1-9-5-10-6-11-7-16(28)20-21(17(11)24(31)18(10)26(33)34-9)25(32)19-14(23(20)30)8-13-12(22(19)29)3-2-4-15(13)27/h2-4,6,8-9,16,27-29,31H,5,7H2,1H3/t9-,16?/m0/s1. The van der Waals surface area contributed by atoms with E-state index in [1.807, 2.05) is 0 Å². The second kappa shape index (κ2) is 6.68. The van der Waals surface area contributed by atoms with E-state index in [2.05, 4.69) is 0 Å². The third-order valence-corrected chi connectivity index (χ3v) is 6.83. The van der Waals surface area contributed by atoms with Crippen LogP contribution in [-0.4, -0.2) is 50.2 Å². The van der Waals surface area contributed by atoms with Gasteiger partial charge in [-0.3, -0.25) is 9.59 Å². The Balaban J connectivity index is 1.66. The fourth-order valence-corrected chi connectivity index (χ4v) is 5.39. The number of aromatic hydroxyl groups is 3. The number of esters is 1. The van der Waals surface area contributed by atoms with Crippen LogP contribution in [0.5, 0.6) is 17.2 Å². The van der Waals surface area contributed by atoms with Crippen LogP contribution in [0.25, 0.3) is 16.3 Å². The van der Waals surface area contributed by atoms with E-state index in [4.69, 9.17) is 4.74 Å². The highest BCUT2D eigenvalue weighted by Crippen LogP contribution is 2.49. The van der Waals surface area contributed by atoms with E-state index < -0.39 is 41.2 Å². The Morgan fingerprint density at radius 1 is 0.853 bits per heavy atom. The molecule has 1 unspecified atom stereocenters. The highest BCUT2D eigenvalue weighted by atomic mass is 16.5. The van der Waals surface area contributed by atoms with E-state index in [1.165, 1.54) is 24.3 Å². The average Bonchev–Trinajstić information content (AvgIpc) is 2.76. The zero-order valence-corrected chi connectivity index (χ0v) is 17.9. The number of allylic oxidation sites excluding steroid dienone is 1. The Labute approximate surface area is 192 Å². The van der Waals surface area contributed by atoms with Gasteiger partial charge in [0.25, 0.3) is 0 Å². The van der Waals surface area contributed by atoms with Gasteiger partial charge < -0.3 is 25.2 Å². The predicted octanol–water partition coefficient (Wildman–Crippen LogP) is 2.81. The fraction of sp³-hybridized carbons (Fsp3) is 0.192. The van der Waals surface area contributed by atoms with Gasteiger partial charge in [0.15, 0.2) is 11.6 Å². The smallest absolute Gasteiger partial charge is 0.342 e. The number of fused-ring (bicyclic) bond motifs is 5. The number of aliphatic hydroxyl groups is 1. The van der Waals surface area contributed by atoms with Crippen molar-refractivity contribution in [3.8, 4) is 17.2 Å². The van der Waals surface area contributed by atoms with Gasteiger partial charge in [0.1, 0.15) is 28.9 Å². The summed E-state index contributed by atoms with van der Waals surface area (Å²) in [5.74, 6) is -3.34. The summed E-state index contributed by atoms with van der Waals surface area (Å²) in [6.07, 6.45) is -1.42. The van der Waals surface area contributed by atoms with Crippen LogP contribution < -0.4 is 0 Å². The lowest BCUT2D eigenvalue weighted by Gasteiger charge is -2.33. The second-order valence-corrected chi connectivity index (χ2v) is 8.90. The van der Waals surface area contributed by atoms with E-state index in [9.17, 15) is 34.8 Å². The molecule has 0 saturated carbocycles. The van der Waals surface area contributed by atoms with Crippen LogP contribution in [0, 0.1) is 0 Å². The van der Waals surface area contributed by atoms with Crippen molar-refractivity contribution in [3.05, 3.63) is 69.3 Å². The van der Waals surface area contributed by atoms with E-state index in [-0.39, 0.29) is 56.3 Å². The minimum absolute atomic E-state index is 0.00930. The number of phenols is 3. The van der Waals surface area contributed by atoms with Crippen molar-refractivity contribution in [2.75, 3.05) is 0 Å². The number of ketones is 2. The molecule has 0 bridgehead atoms. The number of ether oxygens (including phenoxy) is 1. The highest BCUT2D eigenvalue weighted by molar-refractivity contribution is 6.43. The monoisotopic (exact) mass is 458 g/mol. The first-order valence-electron chi connectivity index (χ1n) is 10.8. The predicted molar refractivity (Wildman–Crippen MR) is 119 cm³/mol. The summed E-state index contributed by atoms with van der Waals surface area (Å²) in [7, 11) is 0. The number of aliphatic hydroxyl groups excluding tert-OH is 1. The third-order valence-electron chi connectivity index (χ3n) is 6.83. The van der Waals surface area contributed by atoms with E-state index in [1.54, 1.807) is 13.0 Å². The van der Waals surface area contributed by atoms with Crippen LogP contribution in [-0.2, 0) is 17.6 Å². The molecule has 2 atom stereocenters. The van der Waals surface area contributed by atoms with E-state index in [0.29, 0.717) is 17.5 Å². The molecule has 0 aromatic heterocycles. The first-order valence-corrected chi connectivity index (χ1v) is 10.8. The molecule has 0 fully saturated rings. The molecule has 4 N–H and O–H groups in total. The molecule has 8 nitrogen and oxygen atoms in total. The molecule has 34 heavy (non-hydrogen) atoms. The molecule has 0 spiro atoms. The van der Waals surface area contributed by atoms with Gasteiger partial charge >= 0.3 is 5.97 Å². The van der Waals surface area contributed by atoms with Crippen molar-refractivity contribution >= 4 is 33.9 Å². The van der Waals surface area contributed by atoms with Gasteiger partial charge in [-0.2, -0.15) is 0 Å². The third kappa shape index (κ3) is 2.48. The summed E-state index contributed by atoms with van der Waals surface area (Å²) in [6, 6.07) is 7.35. The summed E-state index contributed by atoms with van der Waals surface area (Å²) in [5.41, 5.74) is -0.00961. The maximum atomic E-state index is 13.7. The van der Waals surface area contributed by atoms with Crippen molar-refractivity contribution in [1.29, 1.82) is 0 Å². The Morgan fingerprint density at radius 3 is 2.35 bits per heavy atom. The van der Waals surface area contributed by atoms with Crippen LogP contribution in [0.4, 0.5) is 0 Å². The molecule has 1 heterocycles. The zero-order valence-electron chi connectivity index (χ0n) is 17.9.